The molecule has 1 amide bonds. The van der Waals surface area contributed by atoms with Crippen LogP contribution in [0, 0.1) is 13.8 Å². The third kappa shape index (κ3) is 3.57. The largest absolute Gasteiger partial charge is 0.370 e. The molecule has 122 valence electrons. The maximum atomic E-state index is 12.6. The number of ether oxygens (including phenoxy) is 1. The van der Waals surface area contributed by atoms with E-state index in [1.807, 2.05) is 43.0 Å². The normalized spacial score (nSPS) is 18.2. The lowest BCUT2D eigenvalue weighted by Gasteiger charge is -2.33. The van der Waals surface area contributed by atoms with Crippen molar-refractivity contribution in [3.05, 3.63) is 51.9 Å². The first-order chi connectivity index (χ1) is 11.0. The van der Waals surface area contributed by atoms with Crippen molar-refractivity contribution < 1.29 is 14.1 Å². The van der Waals surface area contributed by atoms with Gasteiger partial charge >= 0.3 is 0 Å². The molecule has 0 bridgehead atoms. The molecule has 1 aromatic heterocycles. The Bertz CT molecular complexity index is 677. The number of hydrogen-bond acceptors (Lipinski definition) is 4. The van der Waals surface area contributed by atoms with Crippen LogP contribution in [0.5, 0.6) is 0 Å². The van der Waals surface area contributed by atoms with Gasteiger partial charge in [-0.25, -0.2) is 0 Å². The van der Waals surface area contributed by atoms with E-state index in [9.17, 15) is 4.79 Å². The predicted molar refractivity (Wildman–Crippen MR) is 86.4 cm³/mol. The van der Waals surface area contributed by atoms with Gasteiger partial charge in [0.05, 0.1) is 25.3 Å². The van der Waals surface area contributed by atoms with Crippen molar-refractivity contribution in [3.8, 4) is 0 Å². The molecule has 2 aromatic rings. The zero-order chi connectivity index (χ0) is 16.4. The fourth-order valence-corrected chi connectivity index (χ4v) is 2.90. The first-order valence-corrected chi connectivity index (χ1v) is 7.99. The molecule has 0 aliphatic carbocycles. The predicted octanol–water partition coefficient (Wildman–Crippen LogP) is 3.09. The van der Waals surface area contributed by atoms with Gasteiger partial charge in [0, 0.05) is 17.1 Å². The van der Waals surface area contributed by atoms with E-state index in [4.69, 9.17) is 20.9 Å². The van der Waals surface area contributed by atoms with Gasteiger partial charge in [-0.2, -0.15) is 0 Å². The van der Waals surface area contributed by atoms with E-state index in [0.717, 1.165) is 16.8 Å². The maximum Gasteiger partial charge on any atom is 0.227 e. The number of hydrogen-bond donors (Lipinski definition) is 0. The van der Waals surface area contributed by atoms with Gasteiger partial charge in [-0.15, -0.1) is 0 Å². The summed E-state index contributed by atoms with van der Waals surface area (Å²) >= 11 is 5.92. The summed E-state index contributed by atoms with van der Waals surface area (Å²) in [5.41, 5.74) is 2.69. The highest BCUT2D eigenvalue weighted by molar-refractivity contribution is 6.30. The third-order valence-electron chi connectivity index (χ3n) is 4.17. The zero-order valence-corrected chi connectivity index (χ0v) is 14.0. The van der Waals surface area contributed by atoms with E-state index in [-0.39, 0.29) is 12.0 Å². The summed E-state index contributed by atoms with van der Waals surface area (Å²) in [5, 5.41) is 4.59. The highest BCUT2D eigenvalue weighted by Crippen LogP contribution is 2.24. The number of aryl methyl sites for hydroxylation is 2. The molecule has 0 saturated carbocycles. The van der Waals surface area contributed by atoms with Gasteiger partial charge in [-0.1, -0.05) is 28.9 Å². The van der Waals surface area contributed by atoms with Crippen LogP contribution in [-0.2, 0) is 16.0 Å². The molecule has 0 radical (unpaired) electrons. The number of benzene rings is 1. The molecular weight excluding hydrogens is 316 g/mol. The molecule has 0 spiro atoms. The Kier molecular flexibility index (Phi) is 4.68. The Balaban J connectivity index is 1.68. The number of nitrogens with zero attached hydrogens (tertiary/aromatic N) is 2. The second kappa shape index (κ2) is 6.72. The number of halogens is 1. The van der Waals surface area contributed by atoms with Crippen LogP contribution in [0.4, 0.5) is 0 Å². The van der Waals surface area contributed by atoms with Crippen LogP contribution >= 0.6 is 11.6 Å². The van der Waals surface area contributed by atoms with Crippen LogP contribution in [0.1, 0.15) is 28.7 Å². The first kappa shape index (κ1) is 16.0. The summed E-state index contributed by atoms with van der Waals surface area (Å²) in [6.45, 7) is 5.37. The minimum absolute atomic E-state index is 0.0710. The lowest BCUT2D eigenvalue weighted by molar-refractivity contribution is -0.138. The van der Waals surface area contributed by atoms with Gasteiger partial charge in [0.2, 0.25) is 5.91 Å². The maximum absolute atomic E-state index is 12.6. The summed E-state index contributed by atoms with van der Waals surface area (Å²) in [4.78, 5) is 14.4. The number of rotatable bonds is 3. The van der Waals surface area contributed by atoms with Crippen LogP contribution in [-0.4, -0.2) is 35.7 Å². The Morgan fingerprint density at radius 3 is 2.74 bits per heavy atom. The Morgan fingerprint density at radius 1 is 1.35 bits per heavy atom. The highest BCUT2D eigenvalue weighted by atomic mass is 35.5. The van der Waals surface area contributed by atoms with Crippen molar-refractivity contribution in [1.82, 2.24) is 10.1 Å². The van der Waals surface area contributed by atoms with Crippen LogP contribution in [0.2, 0.25) is 5.02 Å². The zero-order valence-electron chi connectivity index (χ0n) is 13.2. The molecule has 6 heteroatoms. The average Bonchev–Trinajstić information content (AvgIpc) is 2.87. The van der Waals surface area contributed by atoms with Crippen molar-refractivity contribution >= 4 is 17.5 Å². The number of carbonyl (C=O) groups excluding carboxylic acids is 1. The molecule has 0 unspecified atom stereocenters. The summed E-state index contributed by atoms with van der Waals surface area (Å²) in [7, 11) is 0. The Hall–Kier alpha value is -1.85. The molecule has 1 atom stereocenters. The average molecular weight is 335 g/mol. The molecule has 3 rings (SSSR count). The molecule has 23 heavy (non-hydrogen) atoms. The number of aromatic nitrogens is 1. The summed E-state index contributed by atoms with van der Waals surface area (Å²) in [6, 6.07) is 7.56. The molecule has 1 fully saturated rings. The van der Waals surface area contributed by atoms with Gasteiger partial charge in [-0.3, -0.25) is 4.79 Å². The third-order valence-corrected chi connectivity index (χ3v) is 4.42. The molecule has 5 nitrogen and oxygen atoms in total. The Labute approximate surface area is 140 Å². The van der Waals surface area contributed by atoms with Crippen LogP contribution in [0.3, 0.4) is 0 Å². The monoisotopic (exact) mass is 334 g/mol. The standard InChI is InChI=1S/C17H19ClN2O3/c1-11-15(12(2)23-19-11)9-17(21)20-7-8-22-16(10-20)13-3-5-14(18)6-4-13/h3-6,16H,7-10H2,1-2H3/t16-/m1/s1. The lowest BCUT2D eigenvalue weighted by Crippen LogP contribution is -2.43. The second-order valence-corrected chi connectivity index (χ2v) is 6.17. The first-order valence-electron chi connectivity index (χ1n) is 7.61. The molecule has 1 aliphatic rings. The minimum atomic E-state index is -0.116. The van der Waals surface area contributed by atoms with Gasteiger partial charge in [0.15, 0.2) is 0 Å². The molecule has 2 heterocycles. The lowest BCUT2D eigenvalue weighted by atomic mass is 10.1. The number of carbonyl (C=O) groups is 1. The van der Waals surface area contributed by atoms with E-state index >= 15 is 0 Å². The van der Waals surface area contributed by atoms with E-state index in [0.29, 0.717) is 36.9 Å². The van der Waals surface area contributed by atoms with Gasteiger partial charge in [-0.05, 0) is 31.5 Å². The number of amides is 1. The summed E-state index contributed by atoms with van der Waals surface area (Å²) < 4.78 is 10.9. The van der Waals surface area contributed by atoms with Gasteiger partial charge in [0.25, 0.3) is 0 Å². The van der Waals surface area contributed by atoms with E-state index in [2.05, 4.69) is 5.16 Å². The smallest absolute Gasteiger partial charge is 0.227 e. The van der Waals surface area contributed by atoms with Crippen LogP contribution in [0.15, 0.2) is 28.8 Å². The minimum Gasteiger partial charge on any atom is -0.370 e. The fourth-order valence-electron chi connectivity index (χ4n) is 2.77. The quantitative estimate of drug-likeness (QED) is 0.865. The molecular formula is C17H19ClN2O3. The van der Waals surface area contributed by atoms with Crippen LogP contribution < -0.4 is 0 Å². The van der Waals surface area contributed by atoms with Crippen molar-refractivity contribution in [3.63, 3.8) is 0 Å². The van der Waals surface area contributed by atoms with Crippen molar-refractivity contribution in [2.45, 2.75) is 26.4 Å². The fraction of sp³-hybridized carbons (Fsp3) is 0.412. The summed E-state index contributed by atoms with van der Waals surface area (Å²) in [5.74, 6) is 0.778. The van der Waals surface area contributed by atoms with Crippen molar-refractivity contribution in [2.75, 3.05) is 19.7 Å². The van der Waals surface area contributed by atoms with Crippen LogP contribution in [0.25, 0.3) is 0 Å². The van der Waals surface area contributed by atoms with Gasteiger partial charge in [0.1, 0.15) is 11.9 Å². The van der Waals surface area contributed by atoms with Gasteiger partial charge < -0.3 is 14.2 Å². The molecule has 1 aromatic carbocycles. The van der Waals surface area contributed by atoms with E-state index in [1.165, 1.54) is 0 Å². The molecule has 1 saturated heterocycles. The SMILES string of the molecule is Cc1noc(C)c1CC(=O)N1CCO[C@@H](c2ccc(Cl)cc2)C1. The summed E-state index contributed by atoms with van der Waals surface area (Å²) in [6.07, 6.45) is 0.198. The van der Waals surface area contributed by atoms with E-state index < -0.39 is 0 Å². The number of morpholine rings is 1. The Morgan fingerprint density at radius 2 is 2.09 bits per heavy atom. The second-order valence-electron chi connectivity index (χ2n) is 5.73. The topological polar surface area (TPSA) is 55.6 Å². The molecule has 1 aliphatic heterocycles. The van der Waals surface area contributed by atoms with E-state index in [1.54, 1.807) is 0 Å². The highest BCUT2D eigenvalue weighted by Gasteiger charge is 2.26. The van der Waals surface area contributed by atoms with Crippen molar-refractivity contribution in [1.29, 1.82) is 0 Å². The van der Waals surface area contributed by atoms with Crippen molar-refractivity contribution in [2.24, 2.45) is 0 Å². The molecule has 0 N–H and O–H groups in total.